The van der Waals surface area contributed by atoms with Crippen LogP contribution in [0.15, 0.2) is 24.3 Å². The first kappa shape index (κ1) is 11.9. The van der Waals surface area contributed by atoms with Crippen molar-refractivity contribution in [3.8, 4) is 0 Å². The van der Waals surface area contributed by atoms with Crippen LogP contribution in [0, 0.1) is 31.1 Å². The molecule has 1 saturated carbocycles. The van der Waals surface area contributed by atoms with Gasteiger partial charge in [-0.1, -0.05) is 23.7 Å². The SMILES string of the molecule is CN(C)C[C]1[CH][CH][CH][C]1c1ccc(Cl)cc1. The largest absolute Gasteiger partial charge is 0.309 e. The predicted molar refractivity (Wildman–Crippen MR) is 68.5 cm³/mol. The summed E-state index contributed by atoms with van der Waals surface area (Å²) in [5.41, 5.74) is 1.23. The molecule has 83 valence electrons. The van der Waals surface area contributed by atoms with Gasteiger partial charge in [0.25, 0.3) is 0 Å². The van der Waals surface area contributed by atoms with Gasteiger partial charge in [0, 0.05) is 23.4 Å². The number of nitrogens with zero attached hydrogens (tertiary/aromatic N) is 1. The smallest absolute Gasteiger partial charge is 0.0406 e. The predicted octanol–water partition coefficient (Wildman–Crippen LogP) is 3.03. The third-order valence-electron chi connectivity index (χ3n) is 2.55. The average Bonchev–Trinajstić information content (AvgIpc) is 2.66. The van der Waals surface area contributed by atoms with Gasteiger partial charge in [-0.25, -0.2) is 0 Å². The van der Waals surface area contributed by atoms with Gasteiger partial charge in [-0.15, -0.1) is 0 Å². The van der Waals surface area contributed by atoms with Gasteiger partial charge in [0.1, 0.15) is 0 Å². The first-order valence-electron chi connectivity index (χ1n) is 5.32. The lowest BCUT2D eigenvalue weighted by molar-refractivity contribution is 0.429. The molecular formula is C14H15ClN. The molecule has 0 aliphatic heterocycles. The summed E-state index contributed by atoms with van der Waals surface area (Å²) in [6.45, 7) is 0.963. The third kappa shape index (κ3) is 2.78. The van der Waals surface area contributed by atoms with E-state index in [1.165, 1.54) is 17.4 Å². The van der Waals surface area contributed by atoms with Crippen LogP contribution in [-0.4, -0.2) is 25.5 Å². The van der Waals surface area contributed by atoms with Crippen molar-refractivity contribution in [2.24, 2.45) is 0 Å². The van der Waals surface area contributed by atoms with E-state index in [-0.39, 0.29) is 0 Å². The molecule has 0 aromatic heterocycles. The van der Waals surface area contributed by atoms with E-state index in [4.69, 9.17) is 11.6 Å². The second kappa shape index (κ2) is 5.20. The Labute approximate surface area is 103 Å². The van der Waals surface area contributed by atoms with Gasteiger partial charge in [-0.05, 0) is 51.1 Å². The van der Waals surface area contributed by atoms with Crippen molar-refractivity contribution in [2.45, 2.75) is 0 Å². The highest BCUT2D eigenvalue weighted by atomic mass is 35.5. The zero-order chi connectivity index (χ0) is 11.5. The van der Waals surface area contributed by atoms with Crippen molar-refractivity contribution >= 4 is 11.6 Å². The molecule has 0 N–H and O–H groups in total. The molecular weight excluding hydrogens is 218 g/mol. The number of hydrogen-bond acceptors (Lipinski definition) is 1. The highest BCUT2D eigenvalue weighted by Gasteiger charge is 2.30. The molecule has 1 fully saturated rings. The monoisotopic (exact) mass is 232 g/mol. The Hall–Kier alpha value is -0.530. The van der Waals surface area contributed by atoms with Gasteiger partial charge in [0.2, 0.25) is 0 Å². The first-order valence-corrected chi connectivity index (χ1v) is 5.70. The van der Waals surface area contributed by atoms with Gasteiger partial charge < -0.3 is 4.90 Å². The van der Waals surface area contributed by atoms with E-state index in [1.54, 1.807) is 0 Å². The van der Waals surface area contributed by atoms with E-state index in [0.717, 1.165) is 11.6 Å². The van der Waals surface area contributed by atoms with E-state index in [1.807, 2.05) is 12.1 Å². The number of benzene rings is 1. The summed E-state index contributed by atoms with van der Waals surface area (Å²) in [6.07, 6.45) is 6.43. The highest BCUT2D eigenvalue weighted by Crippen LogP contribution is 2.38. The normalized spacial score (nSPS) is 18.5. The van der Waals surface area contributed by atoms with Crippen LogP contribution >= 0.6 is 11.6 Å². The zero-order valence-electron chi connectivity index (χ0n) is 9.57. The van der Waals surface area contributed by atoms with Crippen LogP contribution in [0.2, 0.25) is 5.02 Å². The molecule has 1 aromatic rings. The van der Waals surface area contributed by atoms with Crippen molar-refractivity contribution in [3.05, 3.63) is 65.9 Å². The fourth-order valence-corrected chi connectivity index (χ4v) is 1.97. The lowest BCUT2D eigenvalue weighted by atomic mass is 9.89. The van der Waals surface area contributed by atoms with E-state index in [9.17, 15) is 0 Å². The summed E-state index contributed by atoms with van der Waals surface area (Å²) in [5, 5.41) is 0.782. The number of halogens is 1. The van der Waals surface area contributed by atoms with Crippen LogP contribution in [0.1, 0.15) is 5.56 Å². The lowest BCUT2D eigenvalue weighted by Crippen LogP contribution is -2.22. The molecule has 0 unspecified atom stereocenters. The molecule has 1 aromatic carbocycles. The summed E-state index contributed by atoms with van der Waals surface area (Å²) in [7, 11) is 4.16. The van der Waals surface area contributed by atoms with Crippen molar-refractivity contribution in [1.29, 1.82) is 0 Å². The molecule has 0 bridgehead atoms. The summed E-state index contributed by atoms with van der Waals surface area (Å²) in [6, 6.07) is 8.00. The van der Waals surface area contributed by atoms with Crippen LogP contribution in [-0.2, 0) is 0 Å². The Morgan fingerprint density at radius 2 is 1.75 bits per heavy atom. The van der Waals surface area contributed by atoms with Crippen molar-refractivity contribution in [2.75, 3.05) is 20.6 Å². The van der Waals surface area contributed by atoms with Crippen LogP contribution in [0.3, 0.4) is 0 Å². The fourth-order valence-electron chi connectivity index (χ4n) is 1.85. The molecule has 1 nitrogen and oxygen atoms in total. The van der Waals surface area contributed by atoms with Crippen molar-refractivity contribution in [3.63, 3.8) is 0 Å². The molecule has 1 aliphatic rings. The van der Waals surface area contributed by atoms with E-state index in [2.05, 4.69) is 50.4 Å². The topological polar surface area (TPSA) is 3.24 Å². The van der Waals surface area contributed by atoms with Crippen LogP contribution in [0.25, 0.3) is 0 Å². The minimum atomic E-state index is 0.782. The highest BCUT2D eigenvalue weighted by molar-refractivity contribution is 6.30. The molecule has 16 heavy (non-hydrogen) atoms. The Balaban J connectivity index is 2.10. The maximum Gasteiger partial charge on any atom is 0.0406 e. The Morgan fingerprint density at radius 3 is 2.38 bits per heavy atom. The van der Waals surface area contributed by atoms with Gasteiger partial charge in [-0.3, -0.25) is 0 Å². The number of rotatable bonds is 3. The summed E-state index contributed by atoms with van der Waals surface area (Å²) in [4.78, 5) is 2.18. The molecule has 0 saturated heterocycles. The second-order valence-electron chi connectivity index (χ2n) is 4.21. The lowest BCUT2D eigenvalue weighted by Gasteiger charge is -2.22. The molecule has 0 atom stereocenters. The number of hydrogen-bond donors (Lipinski definition) is 0. The van der Waals surface area contributed by atoms with E-state index in [0.29, 0.717) is 0 Å². The molecule has 0 heterocycles. The van der Waals surface area contributed by atoms with E-state index >= 15 is 0 Å². The maximum absolute atomic E-state index is 5.89. The quantitative estimate of drug-likeness (QED) is 0.775. The standard InChI is InChI=1S/C14H15ClN/c1-16(2)10-12-4-3-5-14(12)11-6-8-13(15)9-7-11/h3-9H,10H2,1-2H3. The van der Waals surface area contributed by atoms with Gasteiger partial charge >= 0.3 is 0 Å². The van der Waals surface area contributed by atoms with Crippen LogP contribution in [0.5, 0.6) is 0 Å². The van der Waals surface area contributed by atoms with Crippen molar-refractivity contribution < 1.29 is 0 Å². The van der Waals surface area contributed by atoms with Crippen molar-refractivity contribution in [1.82, 2.24) is 4.90 Å². The van der Waals surface area contributed by atoms with Crippen LogP contribution < -0.4 is 0 Å². The summed E-state index contributed by atoms with van der Waals surface area (Å²) >= 11 is 5.89. The van der Waals surface area contributed by atoms with Gasteiger partial charge in [-0.2, -0.15) is 0 Å². The Kier molecular flexibility index (Phi) is 3.88. The molecule has 5 radical (unpaired) electrons. The molecule has 2 heteroatoms. The minimum absolute atomic E-state index is 0.782. The maximum atomic E-state index is 5.89. The zero-order valence-corrected chi connectivity index (χ0v) is 10.3. The average molecular weight is 233 g/mol. The van der Waals surface area contributed by atoms with Gasteiger partial charge in [0.15, 0.2) is 0 Å². The molecule has 1 aliphatic carbocycles. The third-order valence-corrected chi connectivity index (χ3v) is 2.80. The molecule has 0 amide bonds. The fraction of sp³-hybridized carbons (Fsp3) is 0.214. The first-order chi connectivity index (χ1) is 7.66. The summed E-state index contributed by atoms with van der Waals surface area (Å²) < 4.78 is 0. The second-order valence-corrected chi connectivity index (χ2v) is 4.65. The van der Waals surface area contributed by atoms with Crippen LogP contribution in [0.4, 0.5) is 0 Å². The Morgan fingerprint density at radius 1 is 1.06 bits per heavy atom. The van der Waals surface area contributed by atoms with E-state index < -0.39 is 0 Å². The summed E-state index contributed by atoms with van der Waals surface area (Å²) in [5.74, 6) is 2.65. The minimum Gasteiger partial charge on any atom is -0.309 e. The molecule has 0 spiro atoms. The molecule has 2 rings (SSSR count). The Bertz CT molecular complexity index is 331. The van der Waals surface area contributed by atoms with Gasteiger partial charge in [0.05, 0.1) is 0 Å².